The number of hydrogen-bond acceptors (Lipinski definition) is 5. The van der Waals surface area contributed by atoms with Crippen LogP contribution in [0.1, 0.15) is 29.3 Å². The summed E-state index contributed by atoms with van der Waals surface area (Å²) in [5.41, 5.74) is 0.551. The monoisotopic (exact) mass is 447 g/mol. The van der Waals surface area contributed by atoms with Crippen LogP contribution < -0.4 is 5.32 Å². The van der Waals surface area contributed by atoms with Crippen molar-refractivity contribution in [1.29, 1.82) is 0 Å². The van der Waals surface area contributed by atoms with Crippen molar-refractivity contribution < 1.29 is 27.2 Å². The predicted octanol–water partition coefficient (Wildman–Crippen LogP) is 1.52. The molecule has 3 amide bonds. The summed E-state index contributed by atoms with van der Waals surface area (Å²) < 4.78 is 39.4. The molecule has 3 rings (SSSR count). The average molecular weight is 447 g/mol. The third-order valence-corrected chi connectivity index (χ3v) is 6.88. The van der Waals surface area contributed by atoms with Crippen LogP contribution in [0.25, 0.3) is 0 Å². The third kappa shape index (κ3) is 4.29. The molecule has 2 aromatic rings. The third-order valence-electron chi connectivity index (χ3n) is 5.09. The number of amides is 3. The summed E-state index contributed by atoms with van der Waals surface area (Å²) in [6.07, 6.45) is 0.257. The van der Waals surface area contributed by atoms with Gasteiger partial charge in [-0.1, -0.05) is 31.2 Å². The first kappa shape index (κ1) is 22.4. The lowest BCUT2D eigenvalue weighted by atomic mass is 10.1. The zero-order valence-corrected chi connectivity index (χ0v) is 17.9. The second-order valence-electron chi connectivity index (χ2n) is 7.00. The number of fused-ring (bicyclic) bond motifs is 1. The van der Waals surface area contributed by atoms with E-state index in [1.807, 2.05) is 0 Å². The minimum absolute atomic E-state index is 0.00118. The summed E-state index contributed by atoms with van der Waals surface area (Å²) in [4.78, 5) is 39.3. The zero-order valence-electron chi connectivity index (χ0n) is 17.0. The van der Waals surface area contributed by atoms with E-state index in [0.29, 0.717) is 9.87 Å². The maximum absolute atomic E-state index is 13.3. The molecule has 2 aromatic carbocycles. The topological polar surface area (TPSA) is 104 Å². The largest absolute Gasteiger partial charge is 0.357 e. The molecule has 1 atom stereocenters. The van der Waals surface area contributed by atoms with Gasteiger partial charge < -0.3 is 10.2 Å². The van der Waals surface area contributed by atoms with Gasteiger partial charge in [0, 0.05) is 13.6 Å². The molecule has 31 heavy (non-hydrogen) atoms. The zero-order chi connectivity index (χ0) is 22.8. The van der Waals surface area contributed by atoms with E-state index in [1.165, 1.54) is 60.5 Å². The molecule has 0 aliphatic carbocycles. The maximum Gasteiger partial charge on any atom is 0.269 e. The number of hydrogen-bond donors (Lipinski definition) is 1. The highest BCUT2D eigenvalue weighted by molar-refractivity contribution is 7.90. The fourth-order valence-electron chi connectivity index (χ4n) is 3.47. The Balaban J connectivity index is 1.92. The molecule has 0 saturated heterocycles. The molecule has 0 bridgehead atoms. The van der Waals surface area contributed by atoms with E-state index < -0.39 is 46.1 Å². The molecule has 0 saturated carbocycles. The molecule has 0 radical (unpaired) electrons. The van der Waals surface area contributed by atoms with Crippen LogP contribution in [0.15, 0.2) is 53.4 Å². The molecule has 0 unspecified atom stereocenters. The van der Waals surface area contributed by atoms with Gasteiger partial charge >= 0.3 is 0 Å². The highest BCUT2D eigenvalue weighted by Gasteiger charge is 2.43. The normalized spacial score (nSPS) is 15.3. The predicted molar refractivity (Wildman–Crippen MR) is 110 cm³/mol. The summed E-state index contributed by atoms with van der Waals surface area (Å²) in [5, 5.41) is 2.49. The fraction of sp³-hybridized carbons (Fsp3) is 0.286. The molecule has 8 nitrogen and oxygen atoms in total. The van der Waals surface area contributed by atoms with Gasteiger partial charge in [0.1, 0.15) is 23.3 Å². The van der Waals surface area contributed by atoms with Crippen molar-refractivity contribution in [3.8, 4) is 0 Å². The molecule has 10 heteroatoms. The Morgan fingerprint density at radius 2 is 1.77 bits per heavy atom. The molecule has 1 heterocycles. The first-order chi connectivity index (χ1) is 14.7. The Hall–Kier alpha value is -3.27. The summed E-state index contributed by atoms with van der Waals surface area (Å²) >= 11 is 0. The molecule has 0 spiro atoms. The lowest BCUT2D eigenvalue weighted by Crippen LogP contribution is -2.51. The Labute approximate surface area is 179 Å². The van der Waals surface area contributed by atoms with Crippen LogP contribution in [-0.2, 0) is 26.2 Å². The molecular formula is C21H22FN3O5S. The summed E-state index contributed by atoms with van der Waals surface area (Å²) in [6.45, 7) is 0.906. The van der Waals surface area contributed by atoms with Crippen molar-refractivity contribution in [2.75, 3.05) is 13.6 Å². The number of sulfonamides is 1. The smallest absolute Gasteiger partial charge is 0.269 e. The Kier molecular flexibility index (Phi) is 6.40. The summed E-state index contributed by atoms with van der Waals surface area (Å²) in [5.74, 6) is -2.40. The number of benzene rings is 2. The van der Waals surface area contributed by atoms with Crippen LogP contribution in [-0.4, -0.2) is 55.0 Å². The Morgan fingerprint density at radius 1 is 1.13 bits per heavy atom. The average Bonchev–Trinajstić information content (AvgIpc) is 2.95. The lowest BCUT2D eigenvalue weighted by Gasteiger charge is -2.31. The van der Waals surface area contributed by atoms with Crippen molar-refractivity contribution in [2.45, 2.75) is 30.8 Å². The number of carbonyl (C=O) groups is 3. The number of carbonyl (C=O) groups excluding carboxylic acids is 3. The lowest BCUT2D eigenvalue weighted by molar-refractivity contribution is -0.141. The van der Waals surface area contributed by atoms with Gasteiger partial charge in [0.15, 0.2) is 0 Å². The minimum atomic E-state index is -4.17. The number of halogens is 1. The van der Waals surface area contributed by atoms with Gasteiger partial charge in [-0.2, -0.15) is 0 Å². The second kappa shape index (κ2) is 8.84. The molecule has 1 N–H and O–H groups in total. The maximum atomic E-state index is 13.3. The standard InChI is InChI=1S/C21H22FN3O5S/c1-3-17(20(27)23-2)24(12-14-8-10-15(22)11-9-14)19(26)13-25-21(28)16-6-4-5-7-18(16)31(25,29)30/h4-11,17H,3,12-13H2,1-2H3,(H,23,27)/t17-/m0/s1. The first-order valence-corrected chi connectivity index (χ1v) is 11.1. The van der Waals surface area contributed by atoms with E-state index in [1.54, 1.807) is 6.92 Å². The van der Waals surface area contributed by atoms with Crippen molar-refractivity contribution in [1.82, 2.24) is 14.5 Å². The van der Waals surface area contributed by atoms with Gasteiger partial charge in [-0.15, -0.1) is 0 Å². The first-order valence-electron chi connectivity index (χ1n) is 9.62. The van der Waals surface area contributed by atoms with Crippen LogP contribution in [0.2, 0.25) is 0 Å². The van der Waals surface area contributed by atoms with Crippen molar-refractivity contribution >= 4 is 27.7 Å². The van der Waals surface area contributed by atoms with Crippen LogP contribution >= 0.6 is 0 Å². The molecule has 164 valence electrons. The van der Waals surface area contributed by atoms with E-state index in [2.05, 4.69) is 5.32 Å². The van der Waals surface area contributed by atoms with Crippen LogP contribution in [0.3, 0.4) is 0 Å². The quantitative estimate of drug-likeness (QED) is 0.693. The number of nitrogens with zero attached hydrogens (tertiary/aromatic N) is 2. The number of likely N-dealkylation sites (N-methyl/N-ethyl adjacent to an activating group) is 1. The Bertz CT molecular complexity index is 1120. The number of rotatable bonds is 7. The van der Waals surface area contributed by atoms with E-state index in [9.17, 15) is 27.2 Å². The van der Waals surface area contributed by atoms with Crippen molar-refractivity contribution in [2.24, 2.45) is 0 Å². The molecule has 0 fully saturated rings. The highest BCUT2D eigenvalue weighted by atomic mass is 32.2. The number of nitrogens with one attached hydrogen (secondary N) is 1. The summed E-state index contributed by atoms with van der Waals surface area (Å²) in [6, 6.07) is 10.2. The van der Waals surface area contributed by atoms with E-state index >= 15 is 0 Å². The minimum Gasteiger partial charge on any atom is -0.357 e. The van der Waals surface area contributed by atoms with Crippen LogP contribution in [0.4, 0.5) is 4.39 Å². The van der Waals surface area contributed by atoms with Gasteiger partial charge in [-0.25, -0.2) is 17.1 Å². The van der Waals surface area contributed by atoms with Gasteiger partial charge in [-0.05, 0) is 36.2 Å². The molecule has 1 aliphatic rings. The van der Waals surface area contributed by atoms with Gasteiger partial charge in [0.05, 0.1) is 5.56 Å². The van der Waals surface area contributed by atoms with E-state index in [4.69, 9.17) is 0 Å². The highest BCUT2D eigenvalue weighted by Crippen LogP contribution is 2.30. The van der Waals surface area contributed by atoms with Crippen molar-refractivity contribution in [3.63, 3.8) is 0 Å². The second-order valence-corrected chi connectivity index (χ2v) is 8.83. The molecular weight excluding hydrogens is 425 g/mol. The summed E-state index contributed by atoms with van der Waals surface area (Å²) in [7, 11) is -2.75. The van der Waals surface area contributed by atoms with E-state index in [-0.39, 0.29) is 23.4 Å². The molecule has 0 aromatic heterocycles. The van der Waals surface area contributed by atoms with E-state index in [0.717, 1.165) is 0 Å². The van der Waals surface area contributed by atoms with Gasteiger partial charge in [-0.3, -0.25) is 14.4 Å². The fourth-order valence-corrected chi connectivity index (χ4v) is 4.99. The Morgan fingerprint density at radius 3 is 2.35 bits per heavy atom. The van der Waals surface area contributed by atoms with Crippen molar-refractivity contribution in [3.05, 3.63) is 65.5 Å². The molecule has 1 aliphatic heterocycles. The van der Waals surface area contributed by atoms with Gasteiger partial charge in [0.25, 0.3) is 15.9 Å². The SMILES string of the molecule is CC[C@@H](C(=O)NC)N(Cc1ccc(F)cc1)C(=O)CN1C(=O)c2ccccc2S1(=O)=O. The van der Waals surface area contributed by atoms with Crippen LogP contribution in [0.5, 0.6) is 0 Å². The van der Waals surface area contributed by atoms with Crippen LogP contribution in [0, 0.1) is 5.82 Å². The van der Waals surface area contributed by atoms with Gasteiger partial charge in [0.2, 0.25) is 11.8 Å².